The lowest BCUT2D eigenvalue weighted by atomic mass is 10.0. The summed E-state index contributed by atoms with van der Waals surface area (Å²) in [7, 11) is 0. The van der Waals surface area contributed by atoms with Crippen molar-refractivity contribution in [3.05, 3.63) is 84.2 Å². The Labute approximate surface area is 156 Å². The van der Waals surface area contributed by atoms with Gasteiger partial charge in [0.2, 0.25) is 6.79 Å². The summed E-state index contributed by atoms with van der Waals surface area (Å²) >= 11 is 0. The van der Waals surface area contributed by atoms with E-state index in [1.807, 2.05) is 18.2 Å². The molecule has 2 heterocycles. The molecule has 1 N–H and O–H groups in total. The maximum absolute atomic E-state index is 5.48. The van der Waals surface area contributed by atoms with Gasteiger partial charge < -0.3 is 14.8 Å². The maximum Gasteiger partial charge on any atom is 0.231 e. The van der Waals surface area contributed by atoms with Crippen molar-refractivity contribution in [1.82, 2.24) is 9.97 Å². The summed E-state index contributed by atoms with van der Waals surface area (Å²) in [6.45, 7) is 0.241. The second-order valence-electron chi connectivity index (χ2n) is 6.43. The first-order chi connectivity index (χ1) is 13.3. The van der Waals surface area contributed by atoms with Crippen LogP contribution in [0.3, 0.4) is 0 Å². The van der Waals surface area contributed by atoms with E-state index in [9.17, 15) is 0 Å². The van der Waals surface area contributed by atoms with E-state index in [1.165, 1.54) is 11.1 Å². The molecular weight excluding hydrogens is 338 g/mol. The van der Waals surface area contributed by atoms with E-state index in [0.29, 0.717) is 0 Å². The summed E-state index contributed by atoms with van der Waals surface area (Å²) in [5.74, 6) is 2.19. The Morgan fingerprint density at radius 1 is 0.815 bits per heavy atom. The SMILES string of the molecule is c1ccc(Cc2ccc(Nc3ncnc4cc5c(cc34)OCO5)cc2)cc1. The fourth-order valence-electron chi connectivity index (χ4n) is 3.22. The summed E-state index contributed by atoms with van der Waals surface area (Å²) in [5.41, 5.74) is 4.36. The summed E-state index contributed by atoms with van der Waals surface area (Å²) in [6, 6.07) is 22.7. The van der Waals surface area contributed by atoms with E-state index in [-0.39, 0.29) is 6.79 Å². The number of aromatic nitrogens is 2. The number of nitrogens with zero attached hydrogens (tertiary/aromatic N) is 2. The standard InChI is InChI=1S/C22H17N3O2/c1-2-4-15(5-3-1)10-16-6-8-17(9-7-16)25-22-18-11-20-21(27-14-26-20)12-19(18)23-13-24-22/h1-9,11-13H,10,14H2,(H,23,24,25). The van der Waals surface area contributed by atoms with Crippen LogP contribution in [-0.4, -0.2) is 16.8 Å². The lowest BCUT2D eigenvalue weighted by molar-refractivity contribution is 0.174. The zero-order chi connectivity index (χ0) is 18.1. The van der Waals surface area contributed by atoms with Crippen LogP contribution in [0.1, 0.15) is 11.1 Å². The number of rotatable bonds is 4. The highest BCUT2D eigenvalue weighted by Gasteiger charge is 2.16. The van der Waals surface area contributed by atoms with Gasteiger partial charge in [0, 0.05) is 17.1 Å². The number of benzene rings is 3. The largest absolute Gasteiger partial charge is 0.454 e. The van der Waals surface area contributed by atoms with Gasteiger partial charge in [-0.05, 0) is 35.7 Å². The number of hydrogen-bond donors (Lipinski definition) is 1. The Morgan fingerprint density at radius 2 is 1.56 bits per heavy atom. The van der Waals surface area contributed by atoms with Gasteiger partial charge in [0.15, 0.2) is 11.5 Å². The average Bonchev–Trinajstić information content (AvgIpc) is 3.16. The van der Waals surface area contributed by atoms with Crippen LogP contribution in [0.5, 0.6) is 11.5 Å². The quantitative estimate of drug-likeness (QED) is 0.575. The third kappa shape index (κ3) is 3.15. The molecule has 0 bridgehead atoms. The minimum Gasteiger partial charge on any atom is -0.454 e. The van der Waals surface area contributed by atoms with Crippen molar-refractivity contribution in [3.8, 4) is 11.5 Å². The van der Waals surface area contributed by atoms with Gasteiger partial charge in [-0.15, -0.1) is 0 Å². The second kappa shape index (κ2) is 6.61. The van der Waals surface area contributed by atoms with Crippen LogP contribution in [0.4, 0.5) is 11.5 Å². The Bertz CT molecular complexity index is 1100. The van der Waals surface area contributed by atoms with Crippen LogP contribution in [0.25, 0.3) is 10.9 Å². The van der Waals surface area contributed by atoms with Crippen molar-refractivity contribution in [2.75, 3.05) is 12.1 Å². The first kappa shape index (κ1) is 15.6. The Hall–Kier alpha value is -3.60. The number of fused-ring (bicyclic) bond motifs is 2. The van der Waals surface area contributed by atoms with E-state index in [0.717, 1.165) is 40.3 Å². The van der Waals surface area contributed by atoms with Crippen LogP contribution in [0, 0.1) is 0 Å². The van der Waals surface area contributed by atoms with Crippen LogP contribution >= 0.6 is 0 Å². The Balaban J connectivity index is 1.40. The molecule has 27 heavy (non-hydrogen) atoms. The molecule has 1 aliphatic rings. The minimum absolute atomic E-state index is 0.241. The minimum atomic E-state index is 0.241. The Kier molecular flexibility index (Phi) is 3.83. The molecular formula is C22H17N3O2. The van der Waals surface area contributed by atoms with Gasteiger partial charge in [0.1, 0.15) is 12.1 Å². The molecule has 0 amide bonds. The van der Waals surface area contributed by atoms with E-state index in [2.05, 4.69) is 63.8 Å². The summed E-state index contributed by atoms with van der Waals surface area (Å²) in [4.78, 5) is 8.73. The summed E-state index contributed by atoms with van der Waals surface area (Å²) < 4.78 is 10.9. The van der Waals surface area contributed by atoms with Gasteiger partial charge in [-0.3, -0.25) is 0 Å². The molecule has 0 aliphatic carbocycles. The number of nitrogens with one attached hydrogen (secondary N) is 1. The zero-order valence-electron chi connectivity index (χ0n) is 14.6. The molecule has 5 rings (SSSR count). The summed E-state index contributed by atoms with van der Waals surface area (Å²) in [5, 5.41) is 4.28. The van der Waals surface area contributed by atoms with Gasteiger partial charge in [0.05, 0.1) is 5.52 Å². The average molecular weight is 355 g/mol. The molecule has 5 nitrogen and oxygen atoms in total. The van der Waals surface area contributed by atoms with Gasteiger partial charge >= 0.3 is 0 Å². The molecule has 0 atom stereocenters. The number of hydrogen-bond acceptors (Lipinski definition) is 5. The third-order valence-electron chi connectivity index (χ3n) is 4.60. The molecule has 5 heteroatoms. The maximum atomic E-state index is 5.48. The number of ether oxygens (including phenoxy) is 2. The van der Waals surface area contributed by atoms with Crippen molar-refractivity contribution in [2.24, 2.45) is 0 Å². The van der Waals surface area contributed by atoms with Crippen molar-refractivity contribution >= 4 is 22.4 Å². The normalized spacial score (nSPS) is 12.3. The molecule has 0 saturated heterocycles. The second-order valence-corrected chi connectivity index (χ2v) is 6.43. The molecule has 3 aromatic carbocycles. The van der Waals surface area contributed by atoms with Crippen LogP contribution in [0.15, 0.2) is 73.1 Å². The fourth-order valence-corrected chi connectivity index (χ4v) is 3.22. The van der Waals surface area contributed by atoms with Gasteiger partial charge in [0.25, 0.3) is 0 Å². The summed E-state index contributed by atoms with van der Waals surface area (Å²) in [6.07, 6.45) is 2.47. The number of anilines is 2. The van der Waals surface area contributed by atoms with E-state index < -0.39 is 0 Å². The molecule has 1 aliphatic heterocycles. The molecule has 132 valence electrons. The van der Waals surface area contributed by atoms with E-state index >= 15 is 0 Å². The highest BCUT2D eigenvalue weighted by molar-refractivity contribution is 5.93. The van der Waals surface area contributed by atoms with Gasteiger partial charge in [-0.2, -0.15) is 0 Å². The highest BCUT2D eigenvalue weighted by atomic mass is 16.7. The molecule has 0 spiro atoms. The zero-order valence-corrected chi connectivity index (χ0v) is 14.6. The van der Waals surface area contributed by atoms with Crippen molar-refractivity contribution in [2.45, 2.75) is 6.42 Å². The van der Waals surface area contributed by atoms with Crippen LogP contribution in [-0.2, 0) is 6.42 Å². The predicted octanol–water partition coefficient (Wildman–Crippen LogP) is 4.69. The van der Waals surface area contributed by atoms with Crippen LogP contribution < -0.4 is 14.8 Å². The van der Waals surface area contributed by atoms with E-state index in [1.54, 1.807) is 6.33 Å². The highest BCUT2D eigenvalue weighted by Crippen LogP contribution is 2.37. The lowest BCUT2D eigenvalue weighted by Crippen LogP contribution is -1.96. The van der Waals surface area contributed by atoms with Crippen LogP contribution in [0.2, 0.25) is 0 Å². The van der Waals surface area contributed by atoms with Crippen molar-refractivity contribution in [1.29, 1.82) is 0 Å². The fraction of sp³-hybridized carbons (Fsp3) is 0.0909. The van der Waals surface area contributed by atoms with Gasteiger partial charge in [-0.25, -0.2) is 9.97 Å². The van der Waals surface area contributed by atoms with Crippen molar-refractivity contribution < 1.29 is 9.47 Å². The first-order valence-electron chi connectivity index (χ1n) is 8.79. The smallest absolute Gasteiger partial charge is 0.231 e. The molecule has 0 radical (unpaired) electrons. The molecule has 1 aromatic heterocycles. The topological polar surface area (TPSA) is 56.3 Å². The van der Waals surface area contributed by atoms with Crippen molar-refractivity contribution in [3.63, 3.8) is 0 Å². The van der Waals surface area contributed by atoms with Gasteiger partial charge in [-0.1, -0.05) is 42.5 Å². The molecule has 0 unspecified atom stereocenters. The molecule has 0 saturated carbocycles. The first-order valence-corrected chi connectivity index (χ1v) is 8.79. The van der Waals surface area contributed by atoms with E-state index in [4.69, 9.17) is 9.47 Å². The lowest BCUT2D eigenvalue weighted by Gasteiger charge is -2.10. The monoisotopic (exact) mass is 355 g/mol. The third-order valence-corrected chi connectivity index (χ3v) is 4.60. The molecule has 0 fully saturated rings. The molecule has 4 aromatic rings. The predicted molar refractivity (Wildman–Crippen MR) is 105 cm³/mol. The Morgan fingerprint density at radius 3 is 2.37 bits per heavy atom.